The van der Waals surface area contributed by atoms with E-state index in [1.54, 1.807) is 0 Å². The van der Waals surface area contributed by atoms with Crippen LogP contribution in [0.25, 0.3) is 0 Å². The van der Waals surface area contributed by atoms with Crippen LogP contribution in [0.1, 0.15) is 18.1 Å². The van der Waals surface area contributed by atoms with Crippen LogP contribution in [-0.4, -0.2) is 6.04 Å². The molecule has 0 aromatic heterocycles. The minimum atomic E-state index is 0.0178. The van der Waals surface area contributed by atoms with Crippen molar-refractivity contribution in [3.63, 3.8) is 0 Å². The summed E-state index contributed by atoms with van der Waals surface area (Å²) in [6, 6.07) is 11.2. The van der Waals surface area contributed by atoms with Gasteiger partial charge in [-0.15, -0.1) is 0 Å². The number of nitrogens with two attached hydrogens (primary N) is 1. The third-order valence-corrected chi connectivity index (χ3v) is 3.74. The second kappa shape index (κ2) is 6.49. The molecule has 2 aromatic rings. The number of ether oxygens (including phenoxy) is 1. The molecule has 0 fully saturated rings. The lowest BCUT2D eigenvalue weighted by Crippen LogP contribution is -2.18. The van der Waals surface area contributed by atoms with Gasteiger partial charge in [-0.05, 0) is 56.2 Å². The molecule has 20 heavy (non-hydrogen) atoms. The molecule has 2 N–H and O–H groups in total. The van der Waals surface area contributed by atoms with Gasteiger partial charge < -0.3 is 10.5 Å². The number of benzene rings is 2. The van der Waals surface area contributed by atoms with Crippen LogP contribution in [0, 0.1) is 6.92 Å². The Labute approximate surface area is 129 Å². The molecule has 0 bridgehead atoms. The minimum absolute atomic E-state index is 0.0178. The van der Waals surface area contributed by atoms with Crippen molar-refractivity contribution in [3.8, 4) is 11.5 Å². The van der Waals surface area contributed by atoms with Crippen LogP contribution in [0.2, 0.25) is 10.0 Å². The second-order valence-corrected chi connectivity index (χ2v) is 5.73. The van der Waals surface area contributed by atoms with Crippen LogP contribution >= 0.6 is 23.2 Å². The molecular formula is C16H17Cl2NO. The maximum Gasteiger partial charge on any atom is 0.132 e. The highest BCUT2D eigenvalue weighted by atomic mass is 35.5. The number of aryl methyl sites for hydroxylation is 1. The first-order valence-corrected chi connectivity index (χ1v) is 7.20. The molecule has 0 aliphatic heterocycles. The summed E-state index contributed by atoms with van der Waals surface area (Å²) in [6.07, 6.45) is 0.668. The van der Waals surface area contributed by atoms with Gasteiger partial charge in [-0.25, -0.2) is 0 Å². The molecule has 2 rings (SSSR count). The average molecular weight is 310 g/mol. The normalized spacial score (nSPS) is 12.2. The summed E-state index contributed by atoms with van der Waals surface area (Å²) in [4.78, 5) is 0. The van der Waals surface area contributed by atoms with Gasteiger partial charge in [0.1, 0.15) is 11.5 Å². The SMILES string of the molecule is Cc1cc(Oc2cccc(Cl)c2CC(C)N)ccc1Cl. The van der Waals surface area contributed by atoms with Gasteiger partial charge in [0, 0.05) is 21.7 Å². The van der Waals surface area contributed by atoms with Crippen LogP contribution in [0.3, 0.4) is 0 Å². The maximum atomic E-state index is 6.24. The van der Waals surface area contributed by atoms with Crippen molar-refractivity contribution >= 4 is 23.2 Å². The van der Waals surface area contributed by atoms with E-state index in [0.717, 1.165) is 27.6 Å². The molecule has 0 spiro atoms. The smallest absolute Gasteiger partial charge is 0.132 e. The lowest BCUT2D eigenvalue weighted by atomic mass is 10.1. The van der Waals surface area contributed by atoms with E-state index in [-0.39, 0.29) is 6.04 Å². The largest absolute Gasteiger partial charge is 0.457 e. The molecule has 0 heterocycles. The fourth-order valence-corrected chi connectivity index (χ4v) is 2.32. The van der Waals surface area contributed by atoms with Crippen LogP contribution in [0.5, 0.6) is 11.5 Å². The van der Waals surface area contributed by atoms with E-state index < -0.39 is 0 Å². The third kappa shape index (κ3) is 3.66. The minimum Gasteiger partial charge on any atom is -0.457 e. The van der Waals surface area contributed by atoms with Gasteiger partial charge in [-0.1, -0.05) is 29.3 Å². The Balaban J connectivity index is 2.32. The highest BCUT2D eigenvalue weighted by Crippen LogP contribution is 2.32. The quantitative estimate of drug-likeness (QED) is 0.864. The summed E-state index contributed by atoms with van der Waals surface area (Å²) in [5, 5.41) is 1.39. The van der Waals surface area contributed by atoms with Crippen molar-refractivity contribution in [1.82, 2.24) is 0 Å². The van der Waals surface area contributed by atoms with E-state index in [2.05, 4.69) is 0 Å². The number of hydrogen-bond donors (Lipinski definition) is 1. The topological polar surface area (TPSA) is 35.2 Å². The van der Waals surface area contributed by atoms with Crippen LogP contribution in [0.4, 0.5) is 0 Å². The van der Waals surface area contributed by atoms with E-state index >= 15 is 0 Å². The Morgan fingerprint density at radius 1 is 1.15 bits per heavy atom. The first-order chi connectivity index (χ1) is 9.47. The fourth-order valence-electron chi connectivity index (χ4n) is 1.96. The Morgan fingerprint density at radius 2 is 1.90 bits per heavy atom. The van der Waals surface area contributed by atoms with Gasteiger partial charge in [0.15, 0.2) is 0 Å². The van der Waals surface area contributed by atoms with Gasteiger partial charge in [-0.2, -0.15) is 0 Å². The number of halogens is 2. The van der Waals surface area contributed by atoms with Gasteiger partial charge in [0.25, 0.3) is 0 Å². The molecular weight excluding hydrogens is 293 g/mol. The predicted octanol–water partition coefficient (Wildman–Crippen LogP) is 4.98. The standard InChI is InChI=1S/C16H17Cl2NO/c1-10-8-12(6-7-14(10)17)20-16-5-3-4-15(18)13(16)9-11(2)19/h3-8,11H,9,19H2,1-2H3. The highest BCUT2D eigenvalue weighted by molar-refractivity contribution is 6.31. The van der Waals surface area contributed by atoms with Gasteiger partial charge in [0.2, 0.25) is 0 Å². The first-order valence-electron chi connectivity index (χ1n) is 6.44. The van der Waals surface area contributed by atoms with Crippen molar-refractivity contribution in [2.24, 2.45) is 5.73 Å². The number of rotatable bonds is 4. The van der Waals surface area contributed by atoms with Gasteiger partial charge >= 0.3 is 0 Å². The van der Waals surface area contributed by atoms with Crippen LogP contribution in [0.15, 0.2) is 36.4 Å². The van der Waals surface area contributed by atoms with E-state index in [1.165, 1.54) is 0 Å². The molecule has 0 aliphatic rings. The predicted molar refractivity (Wildman–Crippen MR) is 85.1 cm³/mol. The Bertz CT molecular complexity index is 611. The molecule has 2 aromatic carbocycles. The van der Waals surface area contributed by atoms with Crippen molar-refractivity contribution in [2.75, 3.05) is 0 Å². The molecule has 1 atom stereocenters. The zero-order valence-corrected chi connectivity index (χ0v) is 13.0. The molecule has 0 amide bonds. The lowest BCUT2D eigenvalue weighted by molar-refractivity contribution is 0.473. The van der Waals surface area contributed by atoms with E-state index in [4.69, 9.17) is 33.7 Å². The average Bonchev–Trinajstić information content (AvgIpc) is 2.38. The zero-order chi connectivity index (χ0) is 14.7. The molecule has 0 radical (unpaired) electrons. The third-order valence-electron chi connectivity index (χ3n) is 2.96. The maximum absolute atomic E-state index is 6.24. The van der Waals surface area contributed by atoms with E-state index in [1.807, 2.05) is 50.2 Å². The van der Waals surface area contributed by atoms with Gasteiger partial charge in [-0.3, -0.25) is 0 Å². The van der Waals surface area contributed by atoms with Crippen LogP contribution < -0.4 is 10.5 Å². The van der Waals surface area contributed by atoms with Crippen molar-refractivity contribution in [1.29, 1.82) is 0 Å². The molecule has 0 aliphatic carbocycles. The summed E-state index contributed by atoms with van der Waals surface area (Å²) in [6.45, 7) is 3.88. The zero-order valence-electron chi connectivity index (χ0n) is 11.5. The van der Waals surface area contributed by atoms with Crippen molar-refractivity contribution in [3.05, 3.63) is 57.6 Å². The molecule has 4 heteroatoms. The molecule has 1 unspecified atom stereocenters. The summed E-state index contributed by atoms with van der Waals surface area (Å²) in [5.41, 5.74) is 7.77. The van der Waals surface area contributed by atoms with Crippen LogP contribution in [-0.2, 0) is 6.42 Å². The van der Waals surface area contributed by atoms with Crippen molar-refractivity contribution < 1.29 is 4.74 Å². The summed E-state index contributed by atoms with van der Waals surface area (Å²) in [7, 11) is 0. The van der Waals surface area contributed by atoms with Gasteiger partial charge in [0.05, 0.1) is 0 Å². The van der Waals surface area contributed by atoms with E-state index in [9.17, 15) is 0 Å². The monoisotopic (exact) mass is 309 g/mol. The summed E-state index contributed by atoms with van der Waals surface area (Å²) in [5.74, 6) is 1.47. The first kappa shape index (κ1) is 15.2. The Kier molecular flexibility index (Phi) is 4.92. The highest BCUT2D eigenvalue weighted by Gasteiger charge is 2.11. The second-order valence-electron chi connectivity index (χ2n) is 4.91. The van der Waals surface area contributed by atoms with E-state index in [0.29, 0.717) is 11.4 Å². The van der Waals surface area contributed by atoms with Crippen molar-refractivity contribution in [2.45, 2.75) is 26.3 Å². The summed E-state index contributed by atoms with van der Waals surface area (Å²) >= 11 is 12.3. The molecule has 0 saturated heterocycles. The Morgan fingerprint density at radius 3 is 2.55 bits per heavy atom. The summed E-state index contributed by atoms with van der Waals surface area (Å²) < 4.78 is 5.93. The lowest BCUT2D eigenvalue weighted by Gasteiger charge is -2.15. The molecule has 0 saturated carbocycles. The molecule has 106 valence electrons. The molecule has 2 nitrogen and oxygen atoms in total. The Hall–Kier alpha value is -1.22. The fraction of sp³-hybridized carbons (Fsp3) is 0.250. The number of hydrogen-bond acceptors (Lipinski definition) is 2.